The van der Waals surface area contributed by atoms with E-state index in [0.29, 0.717) is 6.42 Å². The van der Waals surface area contributed by atoms with Gasteiger partial charge in [0.15, 0.2) is 0 Å². The van der Waals surface area contributed by atoms with Crippen molar-refractivity contribution in [2.45, 2.75) is 38.3 Å². The van der Waals surface area contributed by atoms with E-state index in [2.05, 4.69) is 33.9 Å². The van der Waals surface area contributed by atoms with Crippen LogP contribution in [-0.4, -0.2) is 72.4 Å². The van der Waals surface area contributed by atoms with Crippen molar-refractivity contribution >= 4 is 42.4 Å². The number of carboxylic acid groups (broad SMARTS) is 1. The monoisotopic (exact) mass is 570 g/mol. The van der Waals surface area contributed by atoms with Gasteiger partial charge >= 0.3 is 12.1 Å². The van der Waals surface area contributed by atoms with Crippen molar-refractivity contribution in [1.29, 1.82) is 0 Å². The number of carboxylic acids is 1. The second-order valence-electron chi connectivity index (χ2n) is 9.47. The molecule has 3 atom stereocenters. The molecule has 0 aromatic heterocycles. The number of benzene rings is 2. The van der Waals surface area contributed by atoms with Gasteiger partial charge in [-0.25, -0.2) is 9.59 Å². The lowest BCUT2D eigenvalue weighted by molar-refractivity contribution is -0.141. The fourth-order valence-corrected chi connectivity index (χ4v) is 4.68. The lowest BCUT2D eigenvalue weighted by atomic mass is 9.98. The normalized spacial score (nSPS) is 14.1. The number of nitrogens with one attached hydrogen (secondary N) is 4. The summed E-state index contributed by atoms with van der Waals surface area (Å²) in [6, 6.07) is 13.7. The number of carbonyl (C=O) groups is 5. The van der Waals surface area contributed by atoms with Crippen LogP contribution in [0.15, 0.2) is 48.5 Å². The van der Waals surface area contributed by atoms with Crippen LogP contribution in [0.25, 0.3) is 11.1 Å². The van der Waals surface area contributed by atoms with Gasteiger partial charge in [0.25, 0.3) is 0 Å². The van der Waals surface area contributed by atoms with E-state index < -0.39 is 55.0 Å². The third-order valence-corrected chi connectivity index (χ3v) is 7.15. The van der Waals surface area contributed by atoms with Crippen LogP contribution in [0.4, 0.5) is 4.79 Å². The minimum atomic E-state index is -1.25. The van der Waals surface area contributed by atoms with Crippen LogP contribution in [0.3, 0.4) is 0 Å². The molecule has 2 aromatic carbocycles. The molecule has 0 radical (unpaired) electrons. The van der Waals surface area contributed by atoms with Crippen molar-refractivity contribution in [2.75, 3.05) is 25.4 Å². The number of amides is 4. The number of hydrogen-bond donors (Lipinski definition) is 6. The van der Waals surface area contributed by atoms with Crippen molar-refractivity contribution in [3.8, 4) is 11.1 Å². The summed E-state index contributed by atoms with van der Waals surface area (Å²) in [6.07, 6.45) is -0.221. The molecule has 1 aliphatic carbocycles. The second-order valence-corrected chi connectivity index (χ2v) is 9.83. The summed E-state index contributed by atoms with van der Waals surface area (Å²) in [5, 5.41) is 18.7. The molecule has 0 heterocycles. The number of thiol groups is 1. The lowest BCUT2D eigenvalue weighted by Crippen LogP contribution is -2.54. The fourth-order valence-electron chi connectivity index (χ4n) is 4.44. The highest BCUT2D eigenvalue weighted by Gasteiger charge is 2.30. The van der Waals surface area contributed by atoms with Crippen molar-refractivity contribution in [3.63, 3.8) is 0 Å². The van der Waals surface area contributed by atoms with Gasteiger partial charge in [0.2, 0.25) is 17.7 Å². The Labute approximate surface area is 237 Å². The maximum Gasteiger partial charge on any atom is 0.407 e. The standard InChI is InChI=1S/C28H34N4O7S/c1-3-16(2)25(26(35)29-12-23(33)31-22(15-40)27(36)37)32-24(34)13-30-28(38)39-14-21-19-10-6-4-8-17(19)18-9-5-7-11-20(18)21/h4-11,16,21-22,25,40H,3,12-15H2,1-2H3,(H,29,35)(H,30,38)(H,31,33)(H,32,34)(H,36,37)/t16-,22-,25-/m0/s1. The summed E-state index contributed by atoms with van der Waals surface area (Å²) in [5.41, 5.74) is 4.33. The van der Waals surface area contributed by atoms with Gasteiger partial charge in [0.1, 0.15) is 25.2 Å². The summed E-state index contributed by atoms with van der Waals surface area (Å²) < 4.78 is 5.43. The van der Waals surface area contributed by atoms with E-state index in [1.165, 1.54) is 0 Å². The van der Waals surface area contributed by atoms with Crippen LogP contribution in [0.5, 0.6) is 0 Å². The fraction of sp³-hybridized carbons (Fsp3) is 0.393. The zero-order valence-electron chi connectivity index (χ0n) is 22.3. The maximum absolute atomic E-state index is 12.7. The Bertz CT molecular complexity index is 1210. The van der Waals surface area contributed by atoms with Crippen LogP contribution >= 0.6 is 12.6 Å². The van der Waals surface area contributed by atoms with Crippen molar-refractivity contribution in [1.82, 2.24) is 21.3 Å². The SMILES string of the molecule is CC[C@H](C)[C@H](NC(=O)CNC(=O)OCC1c2ccccc2-c2ccccc21)C(=O)NCC(=O)N[C@@H](CS)C(=O)O. The van der Waals surface area contributed by atoms with Crippen molar-refractivity contribution < 1.29 is 33.8 Å². The quantitative estimate of drug-likeness (QED) is 0.200. The third-order valence-electron chi connectivity index (χ3n) is 6.79. The van der Waals surface area contributed by atoms with Crippen LogP contribution in [0.1, 0.15) is 37.3 Å². The Morgan fingerprint density at radius 1 is 0.900 bits per heavy atom. The maximum atomic E-state index is 12.7. The Morgan fingerprint density at radius 3 is 2.00 bits per heavy atom. The third kappa shape index (κ3) is 7.75. The molecule has 214 valence electrons. The minimum absolute atomic E-state index is 0.0946. The summed E-state index contributed by atoms with van der Waals surface area (Å²) in [7, 11) is 0. The Morgan fingerprint density at radius 2 is 1.45 bits per heavy atom. The van der Waals surface area contributed by atoms with Gasteiger partial charge in [0.05, 0.1) is 6.54 Å². The number of aliphatic carboxylic acids is 1. The molecule has 0 spiro atoms. The summed E-state index contributed by atoms with van der Waals surface area (Å²) in [6.45, 7) is 2.79. The predicted molar refractivity (Wildman–Crippen MR) is 151 cm³/mol. The Hall–Kier alpha value is -4.06. The van der Waals surface area contributed by atoms with Gasteiger partial charge in [-0.3, -0.25) is 14.4 Å². The molecular formula is C28H34N4O7S. The largest absolute Gasteiger partial charge is 0.480 e. The first kappa shape index (κ1) is 30.5. The van der Waals surface area contributed by atoms with E-state index in [1.807, 2.05) is 55.5 Å². The van der Waals surface area contributed by atoms with E-state index in [1.54, 1.807) is 6.92 Å². The van der Waals surface area contributed by atoms with Gasteiger partial charge in [0, 0.05) is 11.7 Å². The van der Waals surface area contributed by atoms with E-state index >= 15 is 0 Å². The number of fused-ring (bicyclic) bond motifs is 3. The minimum Gasteiger partial charge on any atom is -0.480 e. The first-order valence-corrected chi connectivity index (χ1v) is 13.6. The van der Waals surface area contributed by atoms with E-state index in [-0.39, 0.29) is 24.2 Å². The number of ether oxygens (including phenoxy) is 1. The van der Waals surface area contributed by atoms with Gasteiger partial charge in [-0.1, -0.05) is 68.8 Å². The summed E-state index contributed by atoms with van der Waals surface area (Å²) in [4.78, 5) is 60.7. The van der Waals surface area contributed by atoms with Crippen LogP contribution in [-0.2, 0) is 23.9 Å². The van der Waals surface area contributed by atoms with Crippen molar-refractivity contribution in [3.05, 3.63) is 59.7 Å². The second kappa shape index (κ2) is 14.4. The predicted octanol–water partition coefficient (Wildman–Crippen LogP) is 1.67. The topological polar surface area (TPSA) is 163 Å². The average molecular weight is 571 g/mol. The molecule has 12 heteroatoms. The Kier molecular flexibility index (Phi) is 10.9. The highest BCUT2D eigenvalue weighted by Crippen LogP contribution is 2.44. The molecule has 4 amide bonds. The van der Waals surface area contributed by atoms with Crippen LogP contribution in [0, 0.1) is 5.92 Å². The van der Waals surface area contributed by atoms with Crippen LogP contribution in [0.2, 0.25) is 0 Å². The molecule has 40 heavy (non-hydrogen) atoms. The van der Waals surface area contributed by atoms with E-state index in [0.717, 1.165) is 22.3 Å². The molecular weight excluding hydrogens is 536 g/mol. The number of rotatable bonds is 13. The first-order valence-electron chi connectivity index (χ1n) is 12.9. The highest BCUT2D eigenvalue weighted by molar-refractivity contribution is 7.80. The van der Waals surface area contributed by atoms with E-state index in [9.17, 15) is 24.0 Å². The lowest BCUT2D eigenvalue weighted by Gasteiger charge is -2.23. The zero-order chi connectivity index (χ0) is 29.2. The van der Waals surface area contributed by atoms with Gasteiger partial charge in [-0.2, -0.15) is 12.6 Å². The number of carbonyl (C=O) groups excluding carboxylic acids is 4. The molecule has 2 aromatic rings. The molecule has 0 saturated carbocycles. The molecule has 0 fully saturated rings. The Balaban J connectivity index is 1.49. The van der Waals surface area contributed by atoms with E-state index in [4.69, 9.17) is 9.84 Å². The average Bonchev–Trinajstić information content (AvgIpc) is 3.28. The van der Waals surface area contributed by atoms with Gasteiger partial charge in [-0.05, 0) is 28.2 Å². The summed E-state index contributed by atoms with van der Waals surface area (Å²) in [5.74, 6) is -3.70. The van der Waals surface area contributed by atoms with Crippen molar-refractivity contribution in [2.24, 2.45) is 5.92 Å². The smallest absolute Gasteiger partial charge is 0.407 e. The van der Waals surface area contributed by atoms with Crippen LogP contribution < -0.4 is 21.3 Å². The molecule has 5 N–H and O–H groups in total. The molecule has 0 aliphatic heterocycles. The van der Waals surface area contributed by atoms with Gasteiger partial charge < -0.3 is 31.1 Å². The summed E-state index contributed by atoms with van der Waals surface area (Å²) >= 11 is 3.87. The zero-order valence-corrected chi connectivity index (χ0v) is 23.2. The van der Waals surface area contributed by atoms with Gasteiger partial charge in [-0.15, -0.1) is 0 Å². The first-order chi connectivity index (χ1) is 19.2. The molecule has 11 nitrogen and oxygen atoms in total. The number of alkyl carbamates (subject to hydrolysis) is 1. The molecule has 1 aliphatic rings. The highest BCUT2D eigenvalue weighted by atomic mass is 32.1. The molecule has 0 saturated heterocycles. The molecule has 0 bridgehead atoms. The molecule has 3 rings (SSSR count). The number of hydrogen-bond acceptors (Lipinski definition) is 7. The molecule has 0 unspecified atom stereocenters.